The summed E-state index contributed by atoms with van der Waals surface area (Å²) in [6.45, 7) is 6.90. The average Bonchev–Trinajstić information content (AvgIpc) is 3.49. The molecule has 4 aromatic rings. The third-order valence-corrected chi connectivity index (χ3v) is 7.12. The minimum absolute atomic E-state index is 0.0874. The highest BCUT2D eigenvalue weighted by atomic mass is 16.6. The van der Waals surface area contributed by atoms with Crippen molar-refractivity contribution in [1.29, 1.82) is 0 Å². The first kappa shape index (κ1) is 24.3. The Bertz CT molecular complexity index is 1470. The second-order valence-electron chi connectivity index (χ2n) is 11.2. The Morgan fingerprint density at radius 2 is 1.68 bits per heavy atom. The first-order valence-corrected chi connectivity index (χ1v) is 13.2. The number of nitrogen functional groups attached to an aromatic ring is 1. The fraction of sp³-hybridized carbons (Fsp3) is 0.367. The van der Waals surface area contributed by atoms with Crippen LogP contribution >= 0.6 is 0 Å². The molecule has 2 aromatic carbocycles. The maximum Gasteiger partial charge on any atom is 0.410 e. The number of anilines is 1. The summed E-state index contributed by atoms with van der Waals surface area (Å²) in [5.74, 6) is 2.46. The summed E-state index contributed by atoms with van der Waals surface area (Å²) in [6, 6.07) is 18.0. The number of carbonyl (C=O) groups excluding carboxylic acids is 1. The fourth-order valence-corrected chi connectivity index (χ4v) is 5.35. The van der Waals surface area contributed by atoms with E-state index in [9.17, 15) is 4.79 Å². The Balaban J connectivity index is 1.39. The van der Waals surface area contributed by atoms with E-state index in [4.69, 9.17) is 20.2 Å². The molecule has 38 heavy (non-hydrogen) atoms. The van der Waals surface area contributed by atoms with Crippen LogP contribution in [0.25, 0.3) is 22.2 Å². The minimum Gasteiger partial charge on any atom is -0.457 e. The predicted molar refractivity (Wildman–Crippen MR) is 147 cm³/mol. The van der Waals surface area contributed by atoms with Crippen molar-refractivity contribution in [1.82, 2.24) is 19.4 Å². The lowest BCUT2D eigenvalue weighted by Gasteiger charge is -2.25. The minimum atomic E-state index is -0.528. The quantitative estimate of drug-likeness (QED) is 0.327. The Morgan fingerprint density at radius 1 is 0.974 bits per heavy atom. The Hall–Kier alpha value is -4.07. The van der Waals surface area contributed by atoms with Gasteiger partial charge in [-0.25, -0.2) is 14.8 Å². The third kappa shape index (κ3) is 4.66. The van der Waals surface area contributed by atoms with Crippen LogP contribution < -0.4 is 10.5 Å². The van der Waals surface area contributed by atoms with Gasteiger partial charge in [0, 0.05) is 24.3 Å². The van der Waals surface area contributed by atoms with E-state index in [0.717, 1.165) is 52.9 Å². The van der Waals surface area contributed by atoms with E-state index in [-0.39, 0.29) is 12.1 Å². The zero-order valence-electron chi connectivity index (χ0n) is 22.1. The van der Waals surface area contributed by atoms with Crippen molar-refractivity contribution in [2.24, 2.45) is 0 Å². The molecule has 1 unspecified atom stereocenters. The van der Waals surface area contributed by atoms with Gasteiger partial charge in [0.2, 0.25) is 0 Å². The average molecular weight is 512 g/mol. The second kappa shape index (κ2) is 9.35. The normalized spacial score (nSPS) is 17.7. The van der Waals surface area contributed by atoms with Gasteiger partial charge in [-0.2, -0.15) is 0 Å². The standard InChI is InChI=1S/C30H33N5O3/c1-30(2,3)38-29(36)34-16-15-21(17-34)35-26(20-9-10-20)24(25-27(31)32-18-33-28(25)35)19-11-13-23(14-12-19)37-22-7-5-4-6-8-22/h4-8,11-14,18,20-21H,9-10,15-17H2,1-3H3,(H2,31,32,33). The van der Waals surface area contributed by atoms with Crippen molar-refractivity contribution in [2.45, 2.75) is 57.6 Å². The first-order chi connectivity index (χ1) is 18.3. The van der Waals surface area contributed by atoms with Crippen LogP contribution in [0.2, 0.25) is 0 Å². The molecular weight excluding hydrogens is 478 g/mol. The molecule has 1 aliphatic carbocycles. The van der Waals surface area contributed by atoms with E-state index in [1.807, 2.05) is 63.2 Å². The van der Waals surface area contributed by atoms with Crippen LogP contribution in [-0.4, -0.2) is 44.2 Å². The van der Waals surface area contributed by atoms with Crippen LogP contribution in [0.4, 0.5) is 10.6 Å². The van der Waals surface area contributed by atoms with Gasteiger partial charge >= 0.3 is 6.09 Å². The van der Waals surface area contributed by atoms with Gasteiger partial charge in [-0.05, 0) is 75.8 Å². The molecule has 8 heteroatoms. The maximum absolute atomic E-state index is 12.8. The number of benzene rings is 2. The number of nitrogens with two attached hydrogens (primary N) is 1. The number of ether oxygens (including phenoxy) is 2. The number of amides is 1. The summed E-state index contributed by atoms with van der Waals surface area (Å²) in [5.41, 5.74) is 10.2. The van der Waals surface area contributed by atoms with Gasteiger partial charge in [-0.3, -0.25) is 0 Å². The lowest BCUT2D eigenvalue weighted by atomic mass is 10.0. The Kier molecular flexibility index (Phi) is 5.97. The van der Waals surface area contributed by atoms with Gasteiger partial charge in [-0.1, -0.05) is 30.3 Å². The number of likely N-dealkylation sites (tertiary alicyclic amines) is 1. The van der Waals surface area contributed by atoms with Crippen LogP contribution in [-0.2, 0) is 4.74 Å². The Morgan fingerprint density at radius 3 is 2.37 bits per heavy atom. The van der Waals surface area contributed by atoms with Crippen molar-refractivity contribution in [3.05, 3.63) is 66.6 Å². The van der Waals surface area contributed by atoms with Crippen LogP contribution in [0.3, 0.4) is 0 Å². The van der Waals surface area contributed by atoms with E-state index in [2.05, 4.69) is 21.7 Å². The number of aromatic nitrogens is 3. The van der Waals surface area contributed by atoms with Crippen molar-refractivity contribution in [2.75, 3.05) is 18.8 Å². The molecule has 1 aliphatic heterocycles. The highest BCUT2D eigenvalue weighted by Crippen LogP contribution is 2.51. The molecule has 196 valence electrons. The molecule has 2 N–H and O–H groups in total. The summed E-state index contributed by atoms with van der Waals surface area (Å²) in [6.07, 6.45) is 4.33. The SMILES string of the molecule is CC(C)(C)OC(=O)N1CCC(n2c(C3CC3)c(-c3ccc(Oc4ccccc4)cc3)c3c(N)ncnc32)C1. The first-order valence-electron chi connectivity index (χ1n) is 13.2. The number of rotatable bonds is 5. The third-order valence-electron chi connectivity index (χ3n) is 7.12. The number of fused-ring (bicyclic) bond motifs is 1. The molecule has 0 bridgehead atoms. The molecule has 1 amide bonds. The second-order valence-corrected chi connectivity index (χ2v) is 11.2. The van der Waals surface area contributed by atoms with Gasteiger partial charge in [-0.15, -0.1) is 0 Å². The summed E-state index contributed by atoms with van der Waals surface area (Å²) in [4.78, 5) is 23.7. The highest BCUT2D eigenvalue weighted by Gasteiger charge is 2.39. The topological polar surface area (TPSA) is 95.5 Å². The number of hydrogen-bond acceptors (Lipinski definition) is 6. The van der Waals surface area contributed by atoms with Crippen LogP contribution in [0.15, 0.2) is 60.9 Å². The monoisotopic (exact) mass is 511 g/mol. The summed E-state index contributed by atoms with van der Waals surface area (Å²) in [5, 5.41) is 0.877. The summed E-state index contributed by atoms with van der Waals surface area (Å²) in [7, 11) is 0. The van der Waals surface area contributed by atoms with Crippen LogP contribution in [0.1, 0.15) is 57.7 Å². The smallest absolute Gasteiger partial charge is 0.410 e. The maximum atomic E-state index is 12.8. The van der Waals surface area contributed by atoms with E-state index in [1.54, 1.807) is 4.90 Å². The van der Waals surface area contributed by atoms with Crippen molar-refractivity contribution in [3.8, 4) is 22.6 Å². The lowest BCUT2D eigenvalue weighted by Crippen LogP contribution is -2.35. The lowest BCUT2D eigenvalue weighted by molar-refractivity contribution is 0.0289. The molecule has 1 saturated heterocycles. The Labute approximate surface area is 222 Å². The molecule has 0 spiro atoms. The van der Waals surface area contributed by atoms with Crippen LogP contribution in [0.5, 0.6) is 11.5 Å². The molecular formula is C30H33N5O3. The van der Waals surface area contributed by atoms with E-state index < -0.39 is 5.60 Å². The number of para-hydroxylation sites is 1. The molecule has 6 rings (SSSR count). The largest absolute Gasteiger partial charge is 0.457 e. The van der Waals surface area contributed by atoms with Gasteiger partial charge in [0.05, 0.1) is 11.4 Å². The molecule has 0 radical (unpaired) electrons. The summed E-state index contributed by atoms with van der Waals surface area (Å²) < 4.78 is 14.0. The van der Waals surface area contributed by atoms with Gasteiger partial charge in [0.25, 0.3) is 0 Å². The highest BCUT2D eigenvalue weighted by molar-refractivity contribution is 6.03. The molecule has 2 aliphatic rings. The predicted octanol–water partition coefficient (Wildman–Crippen LogP) is 6.53. The summed E-state index contributed by atoms with van der Waals surface area (Å²) >= 11 is 0. The molecule has 1 saturated carbocycles. The zero-order valence-corrected chi connectivity index (χ0v) is 22.1. The van der Waals surface area contributed by atoms with Gasteiger partial charge in [0.15, 0.2) is 0 Å². The fourth-order valence-electron chi connectivity index (χ4n) is 5.35. The number of nitrogens with zero attached hydrogens (tertiary/aromatic N) is 4. The van der Waals surface area contributed by atoms with Gasteiger partial charge in [0.1, 0.15) is 34.9 Å². The van der Waals surface area contributed by atoms with Crippen molar-refractivity contribution >= 4 is 22.9 Å². The van der Waals surface area contributed by atoms with Gasteiger partial charge < -0.3 is 24.7 Å². The van der Waals surface area contributed by atoms with Crippen LogP contribution in [0, 0.1) is 0 Å². The van der Waals surface area contributed by atoms with E-state index >= 15 is 0 Å². The molecule has 8 nitrogen and oxygen atoms in total. The molecule has 2 aromatic heterocycles. The number of carbonyl (C=O) groups is 1. The molecule has 2 fully saturated rings. The van der Waals surface area contributed by atoms with Crippen molar-refractivity contribution < 1.29 is 14.3 Å². The molecule has 1 atom stereocenters. The van der Waals surface area contributed by atoms with E-state index in [0.29, 0.717) is 24.8 Å². The molecule has 3 heterocycles. The van der Waals surface area contributed by atoms with E-state index in [1.165, 1.54) is 12.0 Å². The number of hydrogen-bond donors (Lipinski definition) is 1. The van der Waals surface area contributed by atoms with Crippen molar-refractivity contribution in [3.63, 3.8) is 0 Å². The zero-order chi connectivity index (χ0) is 26.4.